The number of nitrogens with one attached hydrogen (secondary N) is 1. The standard InChI is InChI=1S/C12H23N3O2/c1-17-5-4-14-12(16)8-15-10-2-3-11(15)7-9(13)6-10/h9-11H,2-8,13H2,1H3,(H,14,16). The van der Waals surface area contributed by atoms with Crippen LogP contribution in [0.1, 0.15) is 25.7 Å². The van der Waals surface area contributed by atoms with E-state index in [1.165, 1.54) is 12.8 Å². The van der Waals surface area contributed by atoms with Crippen molar-refractivity contribution in [1.82, 2.24) is 10.2 Å². The fourth-order valence-electron chi connectivity index (χ4n) is 3.09. The largest absolute Gasteiger partial charge is 0.383 e. The number of methoxy groups -OCH3 is 1. The SMILES string of the molecule is COCCNC(=O)CN1C2CCC1CC(N)C2. The second-order valence-electron chi connectivity index (χ2n) is 5.13. The average Bonchev–Trinajstić information content (AvgIpc) is 2.53. The fourth-order valence-corrected chi connectivity index (χ4v) is 3.09. The molecule has 0 saturated carbocycles. The molecule has 1 amide bonds. The minimum absolute atomic E-state index is 0.106. The minimum Gasteiger partial charge on any atom is -0.383 e. The van der Waals surface area contributed by atoms with Crippen molar-refractivity contribution in [1.29, 1.82) is 0 Å². The molecule has 0 aliphatic carbocycles. The summed E-state index contributed by atoms with van der Waals surface area (Å²) in [4.78, 5) is 14.1. The van der Waals surface area contributed by atoms with Gasteiger partial charge < -0.3 is 15.8 Å². The summed E-state index contributed by atoms with van der Waals surface area (Å²) in [6.45, 7) is 1.69. The van der Waals surface area contributed by atoms with Crippen molar-refractivity contribution in [2.45, 2.75) is 43.8 Å². The van der Waals surface area contributed by atoms with Crippen LogP contribution in [0.25, 0.3) is 0 Å². The number of piperidine rings is 1. The highest BCUT2D eigenvalue weighted by Gasteiger charge is 2.40. The summed E-state index contributed by atoms with van der Waals surface area (Å²) in [7, 11) is 1.64. The van der Waals surface area contributed by atoms with Gasteiger partial charge in [0.1, 0.15) is 0 Å². The zero-order valence-corrected chi connectivity index (χ0v) is 10.5. The van der Waals surface area contributed by atoms with Gasteiger partial charge in [-0.25, -0.2) is 0 Å². The minimum atomic E-state index is 0.106. The van der Waals surface area contributed by atoms with Gasteiger partial charge in [0.2, 0.25) is 5.91 Å². The molecule has 0 aromatic carbocycles. The Hall–Kier alpha value is -0.650. The maximum Gasteiger partial charge on any atom is 0.234 e. The zero-order valence-electron chi connectivity index (χ0n) is 10.5. The van der Waals surface area contributed by atoms with Crippen LogP contribution in [0.4, 0.5) is 0 Å². The molecule has 5 heteroatoms. The Morgan fingerprint density at radius 3 is 2.65 bits per heavy atom. The molecule has 3 N–H and O–H groups in total. The van der Waals surface area contributed by atoms with E-state index in [2.05, 4.69) is 10.2 Å². The summed E-state index contributed by atoms with van der Waals surface area (Å²) in [6.07, 6.45) is 4.48. The first-order chi connectivity index (χ1) is 8.20. The molecule has 2 bridgehead atoms. The van der Waals surface area contributed by atoms with E-state index in [1.807, 2.05) is 0 Å². The third kappa shape index (κ3) is 3.18. The van der Waals surface area contributed by atoms with Gasteiger partial charge in [-0.05, 0) is 25.7 Å². The van der Waals surface area contributed by atoms with Gasteiger partial charge in [0, 0.05) is 31.8 Å². The van der Waals surface area contributed by atoms with E-state index in [0.717, 1.165) is 12.8 Å². The Labute approximate surface area is 103 Å². The Morgan fingerprint density at radius 2 is 2.06 bits per heavy atom. The van der Waals surface area contributed by atoms with Crippen LogP contribution >= 0.6 is 0 Å². The van der Waals surface area contributed by atoms with Crippen molar-refractivity contribution >= 4 is 5.91 Å². The lowest BCUT2D eigenvalue weighted by Gasteiger charge is -2.37. The van der Waals surface area contributed by atoms with Gasteiger partial charge in [0.05, 0.1) is 13.2 Å². The highest BCUT2D eigenvalue weighted by molar-refractivity contribution is 5.78. The fraction of sp³-hybridized carbons (Fsp3) is 0.917. The molecule has 0 spiro atoms. The average molecular weight is 241 g/mol. The lowest BCUT2D eigenvalue weighted by atomic mass is 9.98. The highest BCUT2D eigenvalue weighted by Crippen LogP contribution is 2.34. The van der Waals surface area contributed by atoms with Gasteiger partial charge in [-0.3, -0.25) is 9.69 Å². The van der Waals surface area contributed by atoms with Gasteiger partial charge in [0.25, 0.3) is 0 Å². The number of amides is 1. The molecule has 2 atom stereocenters. The first-order valence-corrected chi connectivity index (χ1v) is 6.47. The lowest BCUT2D eigenvalue weighted by Crippen LogP contribution is -2.51. The number of hydrogen-bond donors (Lipinski definition) is 2. The molecule has 2 fully saturated rings. The van der Waals surface area contributed by atoms with Crippen LogP contribution in [0.2, 0.25) is 0 Å². The summed E-state index contributed by atoms with van der Waals surface area (Å²) >= 11 is 0. The van der Waals surface area contributed by atoms with Gasteiger partial charge in [-0.15, -0.1) is 0 Å². The van der Waals surface area contributed by atoms with Gasteiger partial charge in [0.15, 0.2) is 0 Å². The van der Waals surface area contributed by atoms with Crippen molar-refractivity contribution in [3.05, 3.63) is 0 Å². The van der Waals surface area contributed by atoms with Gasteiger partial charge >= 0.3 is 0 Å². The van der Waals surface area contributed by atoms with Crippen LogP contribution in [-0.4, -0.2) is 55.7 Å². The van der Waals surface area contributed by atoms with E-state index in [0.29, 0.717) is 37.8 Å². The Balaban J connectivity index is 1.77. The second kappa shape index (κ2) is 5.80. The van der Waals surface area contributed by atoms with Crippen LogP contribution in [-0.2, 0) is 9.53 Å². The monoisotopic (exact) mass is 241 g/mol. The summed E-state index contributed by atoms with van der Waals surface area (Å²) in [6, 6.07) is 1.38. The summed E-state index contributed by atoms with van der Waals surface area (Å²) in [5, 5.41) is 2.87. The first kappa shape index (κ1) is 12.8. The van der Waals surface area contributed by atoms with Crippen LogP contribution in [0.15, 0.2) is 0 Å². The van der Waals surface area contributed by atoms with Crippen molar-refractivity contribution < 1.29 is 9.53 Å². The molecule has 98 valence electrons. The maximum atomic E-state index is 11.7. The number of ether oxygens (including phenoxy) is 1. The smallest absolute Gasteiger partial charge is 0.234 e. The van der Waals surface area contributed by atoms with Crippen molar-refractivity contribution in [2.75, 3.05) is 26.8 Å². The molecule has 17 heavy (non-hydrogen) atoms. The van der Waals surface area contributed by atoms with Crippen LogP contribution in [0.5, 0.6) is 0 Å². The molecule has 2 saturated heterocycles. The van der Waals surface area contributed by atoms with E-state index in [4.69, 9.17) is 10.5 Å². The molecule has 0 aromatic heterocycles. The molecular formula is C12H23N3O2. The molecule has 2 heterocycles. The van der Waals surface area contributed by atoms with Gasteiger partial charge in [-0.2, -0.15) is 0 Å². The normalized spacial score (nSPS) is 32.7. The van der Waals surface area contributed by atoms with Crippen molar-refractivity contribution in [2.24, 2.45) is 5.73 Å². The number of nitrogens with zero attached hydrogens (tertiary/aromatic N) is 1. The van der Waals surface area contributed by atoms with E-state index in [1.54, 1.807) is 7.11 Å². The molecule has 2 aliphatic heterocycles. The Bertz CT molecular complexity index is 258. The molecular weight excluding hydrogens is 218 g/mol. The van der Waals surface area contributed by atoms with E-state index >= 15 is 0 Å². The van der Waals surface area contributed by atoms with Crippen molar-refractivity contribution in [3.63, 3.8) is 0 Å². The van der Waals surface area contributed by atoms with Crippen LogP contribution < -0.4 is 11.1 Å². The third-order valence-electron chi connectivity index (χ3n) is 3.88. The molecule has 0 aromatic rings. The topological polar surface area (TPSA) is 67.6 Å². The molecule has 0 radical (unpaired) electrons. The highest BCUT2D eigenvalue weighted by atomic mass is 16.5. The number of carbonyl (C=O) groups is 1. The predicted octanol–water partition coefficient (Wildman–Crippen LogP) is -0.297. The van der Waals surface area contributed by atoms with E-state index in [9.17, 15) is 4.79 Å². The van der Waals surface area contributed by atoms with Crippen LogP contribution in [0.3, 0.4) is 0 Å². The summed E-state index contributed by atoms with van der Waals surface area (Å²) in [5.41, 5.74) is 6.00. The number of carbonyl (C=O) groups excluding carboxylic acids is 1. The van der Waals surface area contributed by atoms with Crippen LogP contribution in [0, 0.1) is 0 Å². The number of rotatable bonds is 5. The Kier molecular flexibility index (Phi) is 4.36. The number of hydrogen-bond acceptors (Lipinski definition) is 4. The number of nitrogens with two attached hydrogens (primary N) is 1. The molecule has 2 unspecified atom stereocenters. The van der Waals surface area contributed by atoms with Gasteiger partial charge in [-0.1, -0.05) is 0 Å². The maximum absolute atomic E-state index is 11.7. The molecule has 2 rings (SSSR count). The Morgan fingerprint density at radius 1 is 1.41 bits per heavy atom. The predicted molar refractivity (Wildman–Crippen MR) is 65.6 cm³/mol. The van der Waals surface area contributed by atoms with E-state index < -0.39 is 0 Å². The second-order valence-corrected chi connectivity index (χ2v) is 5.13. The first-order valence-electron chi connectivity index (χ1n) is 6.47. The quantitative estimate of drug-likeness (QED) is 0.649. The summed E-state index contributed by atoms with van der Waals surface area (Å²) < 4.78 is 4.91. The molecule has 2 aliphatic rings. The van der Waals surface area contributed by atoms with Crippen molar-refractivity contribution in [3.8, 4) is 0 Å². The van der Waals surface area contributed by atoms with E-state index in [-0.39, 0.29) is 5.91 Å². The number of fused-ring (bicyclic) bond motifs is 2. The zero-order chi connectivity index (χ0) is 12.3. The lowest BCUT2D eigenvalue weighted by molar-refractivity contribution is -0.123. The summed E-state index contributed by atoms with van der Waals surface area (Å²) in [5.74, 6) is 0.106. The molecule has 5 nitrogen and oxygen atoms in total. The third-order valence-corrected chi connectivity index (χ3v) is 3.88.